The lowest BCUT2D eigenvalue weighted by Crippen LogP contribution is -2.47. The van der Waals surface area contributed by atoms with Gasteiger partial charge < -0.3 is 15.5 Å². The van der Waals surface area contributed by atoms with E-state index in [-0.39, 0.29) is 17.5 Å². The van der Waals surface area contributed by atoms with Crippen molar-refractivity contribution in [1.82, 2.24) is 15.5 Å². The Morgan fingerprint density at radius 2 is 2.21 bits per heavy atom. The zero-order valence-corrected chi connectivity index (χ0v) is 12.5. The molecule has 0 aromatic heterocycles. The van der Waals surface area contributed by atoms with E-state index in [1.165, 1.54) is 12.8 Å². The summed E-state index contributed by atoms with van der Waals surface area (Å²) < 4.78 is 22.8. The summed E-state index contributed by atoms with van der Waals surface area (Å²) in [5.41, 5.74) is 0. The fourth-order valence-corrected chi connectivity index (χ4v) is 4.42. The highest BCUT2D eigenvalue weighted by Gasteiger charge is 2.28. The van der Waals surface area contributed by atoms with Crippen molar-refractivity contribution >= 4 is 15.8 Å². The molecule has 2 heterocycles. The number of nitrogens with one attached hydrogen (secondary N) is 2. The Labute approximate surface area is 115 Å². The average Bonchev–Trinajstić information content (AvgIpc) is 2.91. The van der Waals surface area contributed by atoms with Gasteiger partial charge in [0, 0.05) is 25.7 Å². The minimum atomic E-state index is -2.84. The Kier molecular flexibility index (Phi) is 4.67. The first-order chi connectivity index (χ1) is 9.00. The molecule has 110 valence electrons. The molecule has 6 nitrogen and oxygen atoms in total. The van der Waals surface area contributed by atoms with Gasteiger partial charge in [0.1, 0.15) is 0 Å². The standard InChI is InChI=1S/C12H24N4O2S/c1-13-12(14-8-11-4-3-6-16(11)2)15-10-5-7-19(17,18)9-10/h10-11H,3-9H2,1-2H3,(H2,13,14,15). The molecule has 0 spiro atoms. The molecular weight excluding hydrogens is 264 g/mol. The molecule has 0 aromatic carbocycles. The number of likely N-dealkylation sites (N-methyl/N-ethyl adjacent to an activating group) is 1. The topological polar surface area (TPSA) is 73.8 Å². The summed E-state index contributed by atoms with van der Waals surface area (Å²) in [5.74, 6) is 1.21. The maximum atomic E-state index is 11.4. The number of sulfone groups is 1. The first-order valence-corrected chi connectivity index (χ1v) is 8.70. The molecule has 0 bridgehead atoms. The molecule has 2 N–H and O–H groups in total. The number of rotatable bonds is 3. The summed E-state index contributed by atoms with van der Waals surface area (Å²) in [6.45, 7) is 2.01. The van der Waals surface area contributed by atoms with E-state index in [1.807, 2.05) is 0 Å². The molecule has 2 aliphatic heterocycles. The Bertz CT molecular complexity index is 435. The molecule has 0 saturated carbocycles. The van der Waals surface area contributed by atoms with Crippen molar-refractivity contribution in [2.24, 2.45) is 4.99 Å². The van der Waals surface area contributed by atoms with Crippen molar-refractivity contribution in [2.45, 2.75) is 31.3 Å². The van der Waals surface area contributed by atoms with Crippen LogP contribution >= 0.6 is 0 Å². The zero-order valence-electron chi connectivity index (χ0n) is 11.7. The van der Waals surface area contributed by atoms with Crippen LogP contribution in [0.5, 0.6) is 0 Å². The van der Waals surface area contributed by atoms with Gasteiger partial charge in [-0.1, -0.05) is 0 Å². The minimum Gasteiger partial charge on any atom is -0.355 e. The fourth-order valence-electron chi connectivity index (χ4n) is 2.75. The highest BCUT2D eigenvalue weighted by molar-refractivity contribution is 7.91. The maximum absolute atomic E-state index is 11.4. The predicted molar refractivity (Wildman–Crippen MR) is 77.2 cm³/mol. The normalized spacial score (nSPS) is 31.6. The smallest absolute Gasteiger partial charge is 0.191 e. The molecule has 2 fully saturated rings. The second kappa shape index (κ2) is 6.09. The van der Waals surface area contributed by atoms with Gasteiger partial charge in [0.05, 0.1) is 11.5 Å². The number of nitrogens with zero attached hydrogens (tertiary/aromatic N) is 2. The Hall–Kier alpha value is -0.820. The van der Waals surface area contributed by atoms with Gasteiger partial charge in [0.15, 0.2) is 15.8 Å². The van der Waals surface area contributed by atoms with Crippen molar-refractivity contribution < 1.29 is 8.42 Å². The number of likely N-dealkylation sites (tertiary alicyclic amines) is 1. The highest BCUT2D eigenvalue weighted by atomic mass is 32.2. The number of aliphatic imine (C=N–C) groups is 1. The summed E-state index contributed by atoms with van der Waals surface area (Å²) in [4.78, 5) is 6.51. The Balaban J connectivity index is 1.78. The average molecular weight is 288 g/mol. The predicted octanol–water partition coefficient (Wildman–Crippen LogP) is -0.567. The molecule has 2 aliphatic rings. The van der Waals surface area contributed by atoms with Crippen LogP contribution in [0.25, 0.3) is 0 Å². The van der Waals surface area contributed by atoms with Crippen LogP contribution in [-0.4, -0.2) is 70.1 Å². The van der Waals surface area contributed by atoms with Gasteiger partial charge in [0.2, 0.25) is 0 Å². The second-order valence-corrected chi connectivity index (χ2v) is 7.70. The van der Waals surface area contributed by atoms with Crippen LogP contribution in [0.3, 0.4) is 0 Å². The molecule has 0 aromatic rings. The van der Waals surface area contributed by atoms with Gasteiger partial charge in [-0.3, -0.25) is 4.99 Å². The van der Waals surface area contributed by atoms with E-state index in [1.54, 1.807) is 7.05 Å². The van der Waals surface area contributed by atoms with E-state index in [4.69, 9.17) is 0 Å². The summed E-state index contributed by atoms with van der Waals surface area (Å²) in [6, 6.07) is 0.545. The summed E-state index contributed by atoms with van der Waals surface area (Å²) in [6.07, 6.45) is 3.13. The first kappa shape index (κ1) is 14.6. The van der Waals surface area contributed by atoms with Crippen molar-refractivity contribution in [2.75, 3.05) is 38.7 Å². The monoisotopic (exact) mass is 288 g/mol. The van der Waals surface area contributed by atoms with Crippen LogP contribution in [0.1, 0.15) is 19.3 Å². The van der Waals surface area contributed by atoms with E-state index in [0.29, 0.717) is 18.4 Å². The Morgan fingerprint density at radius 1 is 1.42 bits per heavy atom. The summed E-state index contributed by atoms with van der Waals surface area (Å²) >= 11 is 0. The lowest BCUT2D eigenvalue weighted by atomic mass is 10.2. The minimum absolute atomic E-state index is 0.00231. The summed E-state index contributed by atoms with van der Waals surface area (Å²) in [7, 11) is 1.02. The Morgan fingerprint density at radius 3 is 2.74 bits per heavy atom. The molecule has 2 rings (SSSR count). The van der Waals surface area contributed by atoms with Gasteiger partial charge >= 0.3 is 0 Å². The molecule has 19 heavy (non-hydrogen) atoms. The number of hydrogen-bond acceptors (Lipinski definition) is 4. The molecule has 2 atom stereocenters. The number of hydrogen-bond donors (Lipinski definition) is 2. The van der Waals surface area contributed by atoms with Gasteiger partial charge in [-0.15, -0.1) is 0 Å². The van der Waals surface area contributed by atoms with Crippen LogP contribution in [0.15, 0.2) is 4.99 Å². The van der Waals surface area contributed by atoms with Crippen LogP contribution in [0, 0.1) is 0 Å². The van der Waals surface area contributed by atoms with Crippen LogP contribution < -0.4 is 10.6 Å². The molecule has 2 saturated heterocycles. The van der Waals surface area contributed by atoms with Crippen LogP contribution in [-0.2, 0) is 9.84 Å². The third-order valence-corrected chi connectivity index (χ3v) is 5.74. The van der Waals surface area contributed by atoms with Gasteiger partial charge in [-0.05, 0) is 32.9 Å². The van der Waals surface area contributed by atoms with E-state index in [9.17, 15) is 8.42 Å². The van der Waals surface area contributed by atoms with E-state index >= 15 is 0 Å². The van der Waals surface area contributed by atoms with Crippen molar-refractivity contribution in [1.29, 1.82) is 0 Å². The third kappa shape index (κ3) is 4.07. The van der Waals surface area contributed by atoms with E-state index in [0.717, 1.165) is 13.1 Å². The van der Waals surface area contributed by atoms with Crippen molar-refractivity contribution in [3.8, 4) is 0 Å². The molecule has 0 amide bonds. The fraction of sp³-hybridized carbons (Fsp3) is 0.917. The molecular formula is C12H24N4O2S. The van der Waals surface area contributed by atoms with Gasteiger partial charge in [-0.25, -0.2) is 8.42 Å². The zero-order chi connectivity index (χ0) is 13.9. The maximum Gasteiger partial charge on any atom is 0.191 e. The van der Waals surface area contributed by atoms with Crippen LogP contribution in [0.4, 0.5) is 0 Å². The first-order valence-electron chi connectivity index (χ1n) is 6.88. The largest absolute Gasteiger partial charge is 0.355 e. The quantitative estimate of drug-likeness (QED) is 0.537. The number of guanidine groups is 1. The molecule has 0 radical (unpaired) electrons. The van der Waals surface area contributed by atoms with E-state index in [2.05, 4.69) is 27.6 Å². The summed E-state index contributed by atoms with van der Waals surface area (Å²) in [5, 5.41) is 6.50. The lowest BCUT2D eigenvalue weighted by Gasteiger charge is -2.22. The van der Waals surface area contributed by atoms with Gasteiger partial charge in [-0.2, -0.15) is 0 Å². The van der Waals surface area contributed by atoms with Crippen LogP contribution in [0.2, 0.25) is 0 Å². The van der Waals surface area contributed by atoms with Crippen molar-refractivity contribution in [3.63, 3.8) is 0 Å². The van der Waals surface area contributed by atoms with E-state index < -0.39 is 9.84 Å². The molecule has 0 aliphatic carbocycles. The molecule has 2 unspecified atom stereocenters. The molecule has 7 heteroatoms. The van der Waals surface area contributed by atoms with Gasteiger partial charge in [0.25, 0.3) is 0 Å². The third-order valence-electron chi connectivity index (χ3n) is 3.97. The highest BCUT2D eigenvalue weighted by Crippen LogP contribution is 2.14. The second-order valence-electron chi connectivity index (χ2n) is 5.47. The van der Waals surface area contributed by atoms with Crippen molar-refractivity contribution in [3.05, 3.63) is 0 Å². The lowest BCUT2D eigenvalue weighted by molar-refractivity contribution is 0.309. The SMILES string of the molecule is CN=C(NCC1CCCN1C)NC1CCS(=O)(=O)C1.